The maximum atomic E-state index is 12.0. The van der Waals surface area contributed by atoms with Gasteiger partial charge in [0, 0.05) is 23.6 Å². The van der Waals surface area contributed by atoms with E-state index < -0.39 is 16.1 Å². The summed E-state index contributed by atoms with van der Waals surface area (Å²) in [6.45, 7) is 2.63. The number of esters is 1. The van der Waals surface area contributed by atoms with Crippen LogP contribution in [0.3, 0.4) is 0 Å². The van der Waals surface area contributed by atoms with Crippen molar-refractivity contribution in [3.63, 3.8) is 0 Å². The number of carbonyl (C=O) groups excluding carboxylic acids is 1. The lowest BCUT2D eigenvalue weighted by Gasteiger charge is -2.10. The molecule has 0 heterocycles. The van der Waals surface area contributed by atoms with Crippen LogP contribution in [0.4, 0.5) is 0 Å². The minimum absolute atomic E-state index is 0.0917. The molecule has 0 bridgehead atoms. The third-order valence-electron chi connectivity index (χ3n) is 4.32. The second-order valence-electron chi connectivity index (χ2n) is 6.96. The van der Waals surface area contributed by atoms with Crippen molar-refractivity contribution in [2.24, 2.45) is 0 Å². The zero-order valence-corrected chi connectivity index (χ0v) is 19.0. The van der Waals surface area contributed by atoms with Gasteiger partial charge in [-0.25, -0.2) is 13.1 Å². The largest absolute Gasteiger partial charge is 0.466 e. The van der Waals surface area contributed by atoms with Crippen LogP contribution in [-0.4, -0.2) is 50.3 Å². The van der Waals surface area contributed by atoms with Gasteiger partial charge in [-0.3, -0.25) is 4.79 Å². The fourth-order valence-corrected chi connectivity index (χ4v) is 4.83. The molecule has 0 aliphatic rings. The SMILES string of the molecule is CCOC(=O)CCCCCCNS(=O)(=O)CCCCC(O)CSc1ccccc1. The molecule has 6 nitrogen and oxygen atoms in total. The van der Waals surface area contributed by atoms with Crippen LogP contribution in [0.15, 0.2) is 35.2 Å². The van der Waals surface area contributed by atoms with Crippen molar-refractivity contribution in [3.8, 4) is 0 Å². The molecule has 0 radical (unpaired) electrons. The van der Waals surface area contributed by atoms with Crippen LogP contribution in [0.25, 0.3) is 0 Å². The second-order valence-corrected chi connectivity index (χ2v) is 9.98. The zero-order valence-electron chi connectivity index (χ0n) is 17.3. The van der Waals surface area contributed by atoms with Gasteiger partial charge in [-0.15, -0.1) is 11.8 Å². The summed E-state index contributed by atoms with van der Waals surface area (Å²) >= 11 is 1.61. The van der Waals surface area contributed by atoms with Crippen molar-refractivity contribution in [2.45, 2.75) is 69.3 Å². The summed E-state index contributed by atoms with van der Waals surface area (Å²) in [6.07, 6.45) is 5.14. The molecule has 0 fully saturated rings. The van der Waals surface area contributed by atoms with E-state index in [9.17, 15) is 18.3 Å². The average molecular weight is 446 g/mol. The van der Waals surface area contributed by atoms with Crippen LogP contribution in [0.5, 0.6) is 0 Å². The van der Waals surface area contributed by atoms with Gasteiger partial charge in [-0.1, -0.05) is 31.0 Å². The lowest BCUT2D eigenvalue weighted by molar-refractivity contribution is -0.143. The normalized spacial score (nSPS) is 12.6. The molecule has 0 spiro atoms. The fraction of sp³-hybridized carbons (Fsp3) is 0.667. The summed E-state index contributed by atoms with van der Waals surface area (Å²) in [5.41, 5.74) is 0. The van der Waals surface area contributed by atoms with Gasteiger partial charge in [0.1, 0.15) is 0 Å². The number of rotatable bonds is 17. The zero-order chi connectivity index (χ0) is 21.4. The Labute approximate surface area is 179 Å². The summed E-state index contributed by atoms with van der Waals surface area (Å²) in [4.78, 5) is 12.3. The van der Waals surface area contributed by atoms with E-state index in [0.29, 0.717) is 44.6 Å². The van der Waals surface area contributed by atoms with Crippen LogP contribution >= 0.6 is 11.8 Å². The van der Waals surface area contributed by atoms with Gasteiger partial charge in [-0.05, 0) is 51.2 Å². The van der Waals surface area contributed by atoms with Gasteiger partial charge in [0.25, 0.3) is 0 Å². The molecule has 29 heavy (non-hydrogen) atoms. The number of aliphatic hydroxyl groups excluding tert-OH is 1. The maximum absolute atomic E-state index is 12.0. The quantitative estimate of drug-likeness (QED) is 0.216. The number of unbranched alkanes of at least 4 members (excludes halogenated alkanes) is 4. The molecule has 1 aromatic carbocycles. The third-order valence-corrected chi connectivity index (χ3v) is 6.95. The Hall–Kier alpha value is -1.09. The average Bonchev–Trinajstić information content (AvgIpc) is 2.70. The minimum atomic E-state index is -3.26. The Kier molecular flexibility index (Phi) is 14.1. The van der Waals surface area contributed by atoms with Crippen molar-refractivity contribution in [1.29, 1.82) is 0 Å². The van der Waals surface area contributed by atoms with Crippen molar-refractivity contribution < 1.29 is 23.1 Å². The third kappa shape index (κ3) is 14.5. The lowest BCUT2D eigenvalue weighted by atomic mass is 10.1. The van der Waals surface area contributed by atoms with E-state index in [4.69, 9.17) is 4.74 Å². The Morgan fingerprint density at radius 3 is 2.55 bits per heavy atom. The van der Waals surface area contributed by atoms with E-state index >= 15 is 0 Å². The molecule has 166 valence electrons. The first kappa shape index (κ1) is 25.9. The number of hydrogen-bond donors (Lipinski definition) is 2. The number of hydrogen-bond acceptors (Lipinski definition) is 6. The Balaban J connectivity index is 2.00. The molecule has 0 aromatic heterocycles. The van der Waals surface area contributed by atoms with Crippen molar-refractivity contribution in [2.75, 3.05) is 24.7 Å². The Morgan fingerprint density at radius 1 is 1.10 bits per heavy atom. The molecule has 0 saturated heterocycles. The van der Waals surface area contributed by atoms with E-state index in [1.807, 2.05) is 30.3 Å². The number of aliphatic hydroxyl groups is 1. The molecule has 1 atom stereocenters. The van der Waals surface area contributed by atoms with Gasteiger partial charge in [0.05, 0.1) is 18.5 Å². The number of benzene rings is 1. The van der Waals surface area contributed by atoms with Gasteiger partial charge in [0.15, 0.2) is 0 Å². The van der Waals surface area contributed by atoms with Crippen LogP contribution in [0.1, 0.15) is 58.3 Å². The highest BCUT2D eigenvalue weighted by atomic mass is 32.2. The molecule has 1 unspecified atom stereocenters. The number of nitrogens with one attached hydrogen (secondary N) is 1. The van der Waals surface area contributed by atoms with Gasteiger partial charge in [0.2, 0.25) is 10.0 Å². The molecule has 1 rings (SSSR count). The first-order valence-electron chi connectivity index (χ1n) is 10.4. The van der Waals surface area contributed by atoms with Crippen LogP contribution in [-0.2, 0) is 19.6 Å². The van der Waals surface area contributed by atoms with Gasteiger partial charge < -0.3 is 9.84 Å². The second kappa shape index (κ2) is 15.7. The standard InChI is InChI=1S/C21H35NO5S2/c1-2-27-21(24)15-8-3-4-10-16-22-29(25,26)17-11-9-12-19(23)18-28-20-13-6-5-7-14-20/h5-7,13-14,19,22-23H,2-4,8-12,15-18H2,1H3. The van der Waals surface area contributed by atoms with Crippen molar-refractivity contribution in [1.82, 2.24) is 4.72 Å². The highest BCUT2D eigenvalue weighted by Crippen LogP contribution is 2.19. The molecule has 2 N–H and O–H groups in total. The number of carbonyl (C=O) groups is 1. The molecular weight excluding hydrogens is 410 g/mol. The molecule has 0 aliphatic carbocycles. The van der Waals surface area contributed by atoms with Crippen LogP contribution in [0, 0.1) is 0 Å². The molecule has 0 aliphatic heterocycles. The summed E-state index contributed by atoms with van der Waals surface area (Å²) in [5.74, 6) is 0.538. The van der Waals surface area contributed by atoms with E-state index in [1.54, 1.807) is 18.7 Å². The maximum Gasteiger partial charge on any atom is 0.305 e. The summed E-state index contributed by atoms with van der Waals surface area (Å²) in [6, 6.07) is 9.92. The minimum Gasteiger partial charge on any atom is -0.466 e. The summed E-state index contributed by atoms with van der Waals surface area (Å²) < 4.78 is 31.5. The van der Waals surface area contributed by atoms with E-state index in [2.05, 4.69) is 4.72 Å². The first-order chi connectivity index (χ1) is 13.9. The number of thioether (sulfide) groups is 1. The molecule has 8 heteroatoms. The Morgan fingerprint density at radius 2 is 1.83 bits per heavy atom. The van der Waals surface area contributed by atoms with Crippen molar-refractivity contribution >= 4 is 27.8 Å². The lowest BCUT2D eigenvalue weighted by Crippen LogP contribution is -2.27. The topological polar surface area (TPSA) is 92.7 Å². The summed E-state index contributed by atoms with van der Waals surface area (Å²) in [7, 11) is -3.26. The predicted octanol–water partition coefficient (Wildman–Crippen LogP) is 3.74. The van der Waals surface area contributed by atoms with Crippen molar-refractivity contribution in [3.05, 3.63) is 30.3 Å². The number of ether oxygens (including phenoxy) is 1. The van der Waals surface area contributed by atoms with E-state index in [1.165, 1.54) is 0 Å². The molecular formula is C21H35NO5S2. The van der Waals surface area contributed by atoms with E-state index in [0.717, 1.165) is 30.6 Å². The molecule has 0 saturated carbocycles. The fourth-order valence-electron chi connectivity index (χ4n) is 2.75. The van der Waals surface area contributed by atoms with Crippen LogP contribution < -0.4 is 4.72 Å². The molecule has 1 aromatic rings. The predicted molar refractivity (Wildman–Crippen MR) is 119 cm³/mol. The smallest absolute Gasteiger partial charge is 0.305 e. The number of sulfonamides is 1. The Bertz CT molecular complexity index is 652. The highest BCUT2D eigenvalue weighted by Gasteiger charge is 2.11. The summed E-state index contributed by atoms with van der Waals surface area (Å²) in [5, 5.41) is 10.0. The van der Waals surface area contributed by atoms with Gasteiger partial charge in [-0.2, -0.15) is 0 Å². The van der Waals surface area contributed by atoms with Crippen LogP contribution in [0.2, 0.25) is 0 Å². The van der Waals surface area contributed by atoms with E-state index in [-0.39, 0.29) is 11.7 Å². The highest BCUT2D eigenvalue weighted by molar-refractivity contribution is 7.99. The molecule has 0 amide bonds. The first-order valence-corrected chi connectivity index (χ1v) is 13.1. The monoisotopic (exact) mass is 445 g/mol. The van der Waals surface area contributed by atoms with Gasteiger partial charge >= 0.3 is 5.97 Å².